The van der Waals surface area contributed by atoms with Crippen molar-refractivity contribution in [1.29, 1.82) is 0 Å². The lowest BCUT2D eigenvalue weighted by Crippen LogP contribution is -2.24. The Bertz CT molecular complexity index is 745. The van der Waals surface area contributed by atoms with Crippen LogP contribution in [0.3, 0.4) is 0 Å². The molecule has 3 rings (SSSR count). The lowest BCUT2D eigenvalue weighted by Gasteiger charge is -2.13. The topological polar surface area (TPSA) is 68.8 Å². The summed E-state index contributed by atoms with van der Waals surface area (Å²) >= 11 is 0. The average Bonchev–Trinajstić information content (AvgIpc) is 3.03. The molecule has 0 aliphatic rings. The minimum absolute atomic E-state index is 0.162. The van der Waals surface area contributed by atoms with Crippen molar-refractivity contribution in [2.24, 2.45) is 7.05 Å². The van der Waals surface area contributed by atoms with Crippen molar-refractivity contribution in [2.75, 3.05) is 6.54 Å². The molecule has 0 aliphatic carbocycles. The van der Waals surface area contributed by atoms with E-state index < -0.39 is 0 Å². The molecule has 0 radical (unpaired) electrons. The number of aryl methyl sites for hydroxylation is 2. The van der Waals surface area contributed by atoms with Gasteiger partial charge in [-0.25, -0.2) is 4.98 Å². The average molecular weight is 285 g/mol. The summed E-state index contributed by atoms with van der Waals surface area (Å²) in [6.07, 6.45) is 0.742. The zero-order valence-electron chi connectivity index (χ0n) is 12.5. The van der Waals surface area contributed by atoms with Gasteiger partial charge in [0.15, 0.2) is 5.82 Å². The summed E-state index contributed by atoms with van der Waals surface area (Å²) in [6, 6.07) is 8.32. The fourth-order valence-corrected chi connectivity index (χ4v) is 2.49. The Morgan fingerprint density at radius 2 is 2.10 bits per heavy atom. The largest absolute Gasteiger partial charge is 0.340 e. The van der Waals surface area contributed by atoms with Gasteiger partial charge in [-0.15, -0.1) is 0 Å². The highest BCUT2D eigenvalue weighted by Crippen LogP contribution is 2.18. The van der Waals surface area contributed by atoms with Crippen LogP contribution in [-0.2, 0) is 13.5 Å². The Balaban J connectivity index is 1.66. The number of nitrogens with zero attached hydrogens (tertiary/aromatic N) is 4. The highest BCUT2D eigenvalue weighted by atomic mass is 16.5. The van der Waals surface area contributed by atoms with Gasteiger partial charge in [-0.2, -0.15) is 4.98 Å². The number of hydrogen-bond donors (Lipinski definition) is 1. The maximum Gasteiger partial charge on any atom is 0.223 e. The normalized spacial score (nSPS) is 12.9. The Morgan fingerprint density at radius 1 is 1.29 bits per heavy atom. The number of nitrogens with one attached hydrogen (secondary N) is 1. The molecular weight excluding hydrogens is 266 g/mol. The minimum atomic E-state index is 0.162. The van der Waals surface area contributed by atoms with Gasteiger partial charge >= 0.3 is 0 Å². The fraction of sp³-hybridized carbons (Fsp3) is 0.400. The molecule has 21 heavy (non-hydrogen) atoms. The van der Waals surface area contributed by atoms with E-state index in [1.165, 1.54) is 0 Å². The second kappa shape index (κ2) is 5.65. The van der Waals surface area contributed by atoms with Crippen LogP contribution in [0, 0.1) is 6.92 Å². The molecule has 2 heterocycles. The molecule has 0 amide bonds. The first-order chi connectivity index (χ1) is 10.1. The third-order valence-electron chi connectivity index (χ3n) is 3.58. The number of rotatable bonds is 5. The second-order valence-electron chi connectivity index (χ2n) is 5.17. The van der Waals surface area contributed by atoms with Crippen molar-refractivity contribution >= 4 is 11.0 Å². The third-order valence-corrected chi connectivity index (χ3v) is 3.58. The van der Waals surface area contributed by atoms with Crippen molar-refractivity contribution in [3.63, 3.8) is 0 Å². The van der Waals surface area contributed by atoms with Crippen molar-refractivity contribution < 1.29 is 4.52 Å². The van der Waals surface area contributed by atoms with Gasteiger partial charge in [-0.05, 0) is 19.1 Å². The Morgan fingerprint density at radius 3 is 2.81 bits per heavy atom. The Kier molecular flexibility index (Phi) is 3.70. The summed E-state index contributed by atoms with van der Waals surface area (Å²) in [7, 11) is 2.05. The molecular formula is C15H19N5O. The Hall–Kier alpha value is -2.21. The zero-order chi connectivity index (χ0) is 14.8. The zero-order valence-corrected chi connectivity index (χ0v) is 12.5. The highest BCUT2D eigenvalue weighted by molar-refractivity contribution is 5.75. The molecule has 1 N–H and O–H groups in total. The number of imidazole rings is 1. The quantitative estimate of drug-likeness (QED) is 0.778. The summed E-state index contributed by atoms with van der Waals surface area (Å²) in [5.41, 5.74) is 2.17. The van der Waals surface area contributed by atoms with Crippen molar-refractivity contribution in [2.45, 2.75) is 26.3 Å². The maximum atomic E-state index is 4.96. The molecule has 0 fully saturated rings. The molecule has 0 bridgehead atoms. The van der Waals surface area contributed by atoms with Gasteiger partial charge in [-0.3, -0.25) is 0 Å². The van der Waals surface area contributed by atoms with Crippen LogP contribution in [-0.4, -0.2) is 26.2 Å². The van der Waals surface area contributed by atoms with Crippen molar-refractivity contribution in [3.05, 3.63) is 41.8 Å². The van der Waals surface area contributed by atoms with E-state index in [4.69, 9.17) is 9.51 Å². The number of aromatic nitrogens is 4. The van der Waals surface area contributed by atoms with Gasteiger partial charge in [-0.1, -0.05) is 17.3 Å². The van der Waals surface area contributed by atoms with Gasteiger partial charge in [0.25, 0.3) is 0 Å². The molecule has 3 aromatic rings. The van der Waals surface area contributed by atoms with E-state index in [0.29, 0.717) is 5.89 Å². The molecule has 2 aromatic heterocycles. The van der Waals surface area contributed by atoms with Crippen LogP contribution < -0.4 is 5.32 Å². The first-order valence-corrected chi connectivity index (χ1v) is 7.09. The smallest absolute Gasteiger partial charge is 0.223 e. The molecule has 1 aromatic carbocycles. The lowest BCUT2D eigenvalue weighted by atomic mass is 10.3. The summed E-state index contributed by atoms with van der Waals surface area (Å²) in [6.45, 7) is 4.69. The summed E-state index contributed by atoms with van der Waals surface area (Å²) in [4.78, 5) is 8.89. The lowest BCUT2D eigenvalue weighted by molar-refractivity contribution is 0.386. The molecule has 1 unspecified atom stereocenters. The molecule has 1 atom stereocenters. The fourth-order valence-electron chi connectivity index (χ4n) is 2.49. The monoisotopic (exact) mass is 285 g/mol. The van der Waals surface area contributed by atoms with Gasteiger partial charge in [0.2, 0.25) is 5.89 Å². The van der Waals surface area contributed by atoms with Crippen LogP contribution in [0.15, 0.2) is 28.8 Å². The maximum absolute atomic E-state index is 4.96. The van der Waals surface area contributed by atoms with Crippen LogP contribution in [0.4, 0.5) is 0 Å². The molecule has 0 aliphatic heterocycles. The predicted molar refractivity (Wildman–Crippen MR) is 79.9 cm³/mol. The molecule has 6 nitrogen and oxygen atoms in total. The standard InChI is InChI=1S/C15H19N5O/c1-10(16-9-8-14-17-11(2)21-19-14)15-18-12-6-4-5-7-13(12)20(15)3/h4-7,10,16H,8-9H2,1-3H3. The van der Waals surface area contributed by atoms with E-state index >= 15 is 0 Å². The first kappa shape index (κ1) is 13.8. The van der Waals surface area contributed by atoms with E-state index in [1.54, 1.807) is 6.92 Å². The second-order valence-corrected chi connectivity index (χ2v) is 5.17. The van der Waals surface area contributed by atoms with Crippen molar-refractivity contribution in [1.82, 2.24) is 25.0 Å². The van der Waals surface area contributed by atoms with Gasteiger partial charge < -0.3 is 14.4 Å². The van der Waals surface area contributed by atoms with E-state index in [0.717, 1.165) is 35.6 Å². The van der Waals surface area contributed by atoms with Crippen LogP contribution in [0.5, 0.6) is 0 Å². The van der Waals surface area contributed by atoms with E-state index in [1.807, 2.05) is 25.2 Å². The van der Waals surface area contributed by atoms with Crippen LogP contribution in [0.1, 0.15) is 30.5 Å². The molecule has 0 saturated heterocycles. The summed E-state index contributed by atoms with van der Waals surface area (Å²) in [5.74, 6) is 2.37. The van der Waals surface area contributed by atoms with Crippen LogP contribution in [0.25, 0.3) is 11.0 Å². The molecule has 6 heteroatoms. The van der Waals surface area contributed by atoms with E-state index in [-0.39, 0.29) is 6.04 Å². The Labute approximate surface area is 123 Å². The summed E-state index contributed by atoms with van der Waals surface area (Å²) in [5, 5.41) is 7.34. The number of para-hydroxylation sites is 2. The number of hydrogen-bond acceptors (Lipinski definition) is 5. The SMILES string of the molecule is Cc1nc(CCNC(C)c2nc3ccccc3n2C)no1. The van der Waals surface area contributed by atoms with Crippen LogP contribution in [0.2, 0.25) is 0 Å². The van der Waals surface area contributed by atoms with Gasteiger partial charge in [0.1, 0.15) is 5.82 Å². The third kappa shape index (κ3) is 2.80. The first-order valence-electron chi connectivity index (χ1n) is 7.09. The van der Waals surface area contributed by atoms with Gasteiger partial charge in [0, 0.05) is 26.9 Å². The van der Waals surface area contributed by atoms with E-state index in [9.17, 15) is 0 Å². The van der Waals surface area contributed by atoms with Crippen LogP contribution >= 0.6 is 0 Å². The number of fused-ring (bicyclic) bond motifs is 1. The highest BCUT2D eigenvalue weighted by Gasteiger charge is 2.14. The van der Waals surface area contributed by atoms with Gasteiger partial charge in [0.05, 0.1) is 17.1 Å². The molecule has 0 spiro atoms. The number of benzene rings is 1. The molecule has 0 saturated carbocycles. The summed E-state index contributed by atoms with van der Waals surface area (Å²) < 4.78 is 7.09. The predicted octanol–water partition coefficient (Wildman–Crippen LogP) is 2.16. The van der Waals surface area contributed by atoms with E-state index in [2.05, 4.69) is 33.0 Å². The van der Waals surface area contributed by atoms with Crippen molar-refractivity contribution in [3.8, 4) is 0 Å². The molecule has 110 valence electrons. The minimum Gasteiger partial charge on any atom is -0.340 e.